The fraction of sp³-hybridized carbons (Fsp3) is 0.435. The summed E-state index contributed by atoms with van der Waals surface area (Å²) in [4.78, 5) is 19.6. The number of H-pyrrole nitrogens is 1. The number of aromatic nitrogens is 3. The number of hydrogen-bond acceptors (Lipinski definition) is 4. The normalized spacial score (nSPS) is 20.3. The lowest BCUT2D eigenvalue weighted by Gasteiger charge is -2.35. The molecule has 2 N–H and O–H groups in total. The van der Waals surface area contributed by atoms with Crippen molar-refractivity contribution >= 4 is 28.2 Å². The Morgan fingerprint density at radius 1 is 1.10 bits per heavy atom. The maximum atomic E-state index is 12.6. The van der Waals surface area contributed by atoms with Crippen LogP contribution in [0.5, 0.6) is 0 Å². The van der Waals surface area contributed by atoms with E-state index < -0.39 is 0 Å². The molecule has 1 atom stereocenters. The molecule has 1 aliphatic carbocycles. The fourth-order valence-electron chi connectivity index (χ4n) is 4.92. The van der Waals surface area contributed by atoms with Crippen LogP contribution in [0.15, 0.2) is 42.7 Å². The quantitative estimate of drug-likeness (QED) is 0.690. The van der Waals surface area contributed by atoms with Gasteiger partial charge in [-0.15, -0.1) is 0 Å². The van der Waals surface area contributed by atoms with Crippen molar-refractivity contribution in [2.75, 3.05) is 23.3 Å². The van der Waals surface area contributed by atoms with E-state index in [2.05, 4.69) is 49.7 Å². The number of para-hydroxylation sites is 1. The summed E-state index contributed by atoms with van der Waals surface area (Å²) in [5.74, 6) is 0.624. The number of nitrogens with one attached hydrogen (secondary N) is 2. The van der Waals surface area contributed by atoms with E-state index in [-0.39, 0.29) is 11.8 Å². The number of amides is 1. The van der Waals surface area contributed by atoms with Crippen molar-refractivity contribution in [1.29, 1.82) is 0 Å². The Labute approximate surface area is 170 Å². The summed E-state index contributed by atoms with van der Waals surface area (Å²) >= 11 is 0. The van der Waals surface area contributed by atoms with Gasteiger partial charge in [0.1, 0.15) is 0 Å². The second kappa shape index (κ2) is 7.85. The third kappa shape index (κ3) is 3.59. The number of piperidine rings is 1. The summed E-state index contributed by atoms with van der Waals surface area (Å²) in [7, 11) is 0. The fourth-order valence-corrected chi connectivity index (χ4v) is 4.92. The number of hydrogen-bond donors (Lipinski definition) is 2. The van der Waals surface area contributed by atoms with E-state index in [1.54, 1.807) is 6.20 Å². The van der Waals surface area contributed by atoms with Crippen LogP contribution in [-0.4, -0.2) is 34.2 Å². The molecule has 2 aliphatic rings. The largest absolute Gasteiger partial charge is 0.370 e. The lowest BCUT2D eigenvalue weighted by atomic mass is 9.93. The number of fused-ring (bicyclic) bond motifs is 1. The molecule has 0 radical (unpaired) electrons. The average molecular weight is 390 g/mol. The number of pyridine rings is 1. The van der Waals surface area contributed by atoms with Crippen LogP contribution in [0.25, 0.3) is 10.9 Å². The van der Waals surface area contributed by atoms with Gasteiger partial charge in [-0.2, -0.15) is 5.10 Å². The van der Waals surface area contributed by atoms with E-state index in [1.165, 1.54) is 11.1 Å². The smallest absolute Gasteiger partial charge is 0.227 e. The zero-order valence-corrected chi connectivity index (χ0v) is 16.6. The summed E-state index contributed by atoms with van der Waals surface area (Å²) in [5.41, 5.74) is 4.17. The highest BCUT2D eigenvalue weighted by Gasteiger charge is 2.28. The molecular formula is C23H27N5O. The molecule has 0 spiro atoms. The SMILES string of the molecule is O=C(Nc1cn[nH]c1C1CCCN(c2ccnc3ccccc23)C1)C1CCCC1. The first kappa shape index (κ1) is 18.2. The Balaban J connectivity index is 1.36. The van der Waals surface area contributed by atoms with Gasteiger partial charge in [0, 0.05) is 42.2 Å². The van der Waals surface area contributed by atoms with Crippen molar-refractivity contribution in [2.45, 2.75) is 44.4 Å². The Morgan fingerprint density at radius 3 is 2.86 bits per heavy atom. The molecule has 6 heteroatoms. The first-order valence-electron chi connectivity index (χ1n) is 10.7. The van der Waals surface area contributed by atoms with Gasteiger partial charge in [0.15, 0.2) is 0 Å². The Hall–Kier alpha value is -2.89. The molecule has 5 rings (SSSR count). The topological polar surface area (TPSA) is 73.9 Å². The molecule has 1 saturated heterocycles. The van der Waals surface area contributed by atoms with Gasteiger partial charge in [0.2, 0.25) is 5.91 Å². The predicted octanol–water partition coefficient (Wildman–Crippen LogP) is 4.47. The van der Waals surface area contributed by atoms with Gasteiger partial charge in [-0.05, 0) is 37.8 Å². The molecule has 1 aliphatic heterocycles. The second-order valence-electron chi connectivity index (χ2n) is 8.30. The molecule has 29 heavy (non-hydrogen) atoms. The van der Waals surface area contributed by atoms with Crippen molar-refractivity contribution in [3.8, 4) is 0 Å². The van der Waals surface area contributed by atoms with E-state index in [4.69, 9.17) is 0 Å². The highest BCUT2D eigenvalue weighted by Crippen LogP contribution is 2.35. The van der Waals surface area contributed by atoms with E-state index in [9.17, 15) is 4.79 Å². The van der Waals surface area contributed by atoms with Crippen molar-refractivity contribution in [3.05, 3.63) is 48.4 Å². The molecule has 6 nitrogen and oxygen atoms in total. The van der Waals surface area contributed by atoms with E-state index in [1.807, 2.05) is 12.3 Å². The molecule has 1 unspecified atom stereocenters. The third-order valence-electron chi connectivity index (χ3n) is 6.45. The van der Waals surface area contributed by atoms with E-state index in [0.29, 0.717) is 5.92 Å². The van der Waals surface area contributed by atoms with Gasteiger partial charge in [0.25, 0.3) is 0 Å². The second-order valence-corrected chi connectivity index (χ2v) is 8.30. The first-order valence-corrected chi connectivity index (χ1v) is 10.7. The van der Waals surface area contributed by atoms with Crippen molar-refractivity contribution < 1.29 is 4.79 Å². The van der Waals surface area contributed by atoms with Gasteiger partial charge >= 0.3 is 0 Å². The molecule has 2 aromatic heterocycles. The van der Waals surface area contributed by atoms with Crippen LogP contribution in [0.1, 0.15) is 50.1 Å². The highest BCUT2D eigenvalue weighted by molar-refractivity contribution is 5.93. The Bertz CT molecular complexity index is 1000. The monoisotopic (exact) mass is 389 g/mol. The van der Waals surface area contributed by atoms with Crippen molar-refractivity contribution in [1.82, 2.24) is 15.2 Å². The standard InChI is InChI=1S/C23H27N5O/c29-23(16-6-1-2-7-16)26-20-14-25-27-22(20)17-8-5-13-28(15-17)21-11-12-24-19-10-4-3-9-18(19)21/h3-4,9-12,14,16-17H,1-2,5-8,13,15H2,(H,25,27)(H,26,29). The number of carbonyl (C=O) groups excluding carboxylic acids is 1. The summed E-state index contributed by atoms with van der Waals surface area (Å²) in [6.07, 6.45) is 10.2. The minimum atomic E-state index is 0.151. The highest BCUT2D eigenvalue weighted by atomic mass is 16.1. The van der Waals surface area contributed by atoms with E-state index in [0.717, 1.165) is 68.5 Å². The predicted molar refractivity (Wildman–Crippen MR) is 115 cm³/mol. The number of anilines is 2. The summed E-state index contributed by atoms with van der Waals surface area (Å²) in [6.45, 7) is 1.94. The van der Waals surface area contributed by atoms with Crippen molar-refractivity contribution in [3.63, 3.8) is 0 Å². The molecule has 3 aromatic rings. The summed E-state index contributed by atoms with van der Waals surface area (Å²) < 4.78 is 0. The first-order chi connectivity index (χ1) is 14.3. The summed E-state index contributed by atoms with van der Waals surface area (Å²) in [5, 5.41) is 11.8. The number of nitrogens with zero attached hydrogens (tertiary/aromatic N) is 3. The van der Waals surface area contributed by atoms with Gasteiger partial charge in [-0.25, -0.2) is 0 Å². The number of carbonyl (C=O) groups is 1. The summed E-state index contributed by atoms with van der Waals surface area (Å²) in [6, 6.07) is 10.4. The van der Waals surface area contributed by atoms with Gasteiger partial charge < -0.3 is 10.2 Å². The molecule has 1 amide bonds. The number of aromatic amines is 1. The number of rotatable bonds is 4. The maximum Gasteiger partial charge on any atom is 0.227 e. The maximum absolute atomic E-state index is 12.6. The molecule has 2 fully saturated rings. The zero-order chi connectivity index (χ0) is 19.6. The zero-order valence-electron chi connectivity index (χ0n) is 16.6. The molecule has 3 heterocycles. The van der Waals surface area contributed by atoms with Crippen LogP contribution in [0.4, 0.5) is 11.4 Å². The minimum Gasteiger partial charge on any atom is -0.370 e. The Morgan fingerprint density at radius 2 is 1.97 bits per heavy atom. The Kier molecular flexibility index (Phi) is 4.92. The molecule has 1 aromatic carbocycles. The van der Waals surface area contributed by atoms with Crippen LogP contribution in [0, 0.1) is 5.92 Å². The van der Waals surface area contributed by atoms with Crippen molar-refractivity contribution in [2.24, 2.45) is 5.92 Å². The van der Waals surface area contributed by atoms with Gasteiger partial charge in [-0.1, -0.05) is 31.0 Å². The van der Waals surface area contributed by atoms with Gasteiger partial charge in [0.05, 0.1) is 23.1 Å². The van der Waals surface area contributed by atoms with Crippen LogP contribution < -0.4 is 10.2 Å². The third-order valence-corrected chi connectivity index (χ3v) is 6.45. The van der Waals surface area contributed by atoms with Gasteiger partial charge in [-0.3, -0.25) is 14.9 Å². The van der Waals surface area contributed by atoms with Crippen LogP contribution in [-0.2, 0) is 4.79 Å². The number of benzene rings is 1. The van der Waals surface area contributed by atoms with Crippen LogP contribution in [0.3, 0.4) is 0 Å². The molecular weight excluding hydrogens is 362 g/mol. The molecule has 1 saturated carbocycles. The lowest BCUT2D eigenvalue weighted by Crippen LogP contribution is -2.35. The van der Waals surface area contributed by atoms with E-state index >= 15 is 0 Å². The molecule has 150 valence electrons. The molecule has 0 bridgehead atoms. The average Bonchev–Trinajstić information content (AvgIpc) is 3.46. The van der Waals surface area contributed by atoms with Crippen LogP contribution in [0.2, 0.25) is 0 Å². The lowest BCUT2D eigenvalue weighted by molar-refractivity contribution is -0.119. The minimum absolute atomic E-state index is 0.151. The van der Waals surface area contributed by atoms with Crippen LogP contribution >= 0.6 is 0 Å².